The average Bonchev–Trinajstić information content (AvgIpc) is 2.28. The number of nitrogens with zero attached hydrogens (tertiary/aromatic N) is 1. The Bertz CT molecular complexity index is 389. The van der Waals surface area contributed by atoms with Crippen LogP contribution in [0.4, 0.5) is 10.1 Å². The van der Waals surface area contributed by atoms with Gasteiger partial charge in [-0.05, 0) is 24.3 Å². The van der Waals surface area contributed by atoms with Crippen LogP contribution in [0.1, 0.15) is 6.42 Å². The van der Waals surface area contributed by atoms with Crippen molar-refractivity contribution in [1.29, 1.82) is 0 Å². The van der Waals surface area contributed by atoms with Crippen molar-refractivity contribution in [2.45, 2.75) is 6.42 Å². The van der Waals surface area contributed by atoms with Gasteiger partial charge in [0.25, 0.3) is 0 Å². The minimum Gasteiger partial charge on any atom is -0.469 e. The molecule has 4 nitrogen and oxygen atoms in total. The van der Waals surface area contributed by atoms with Crippen LogP contribution in [0.3, 0.4) is 0 Å². The molecule has 1 aromatic carbocycles. The quantitative estimate of drug-likeness (QED) is 0.576. The zero-order valence-corrected chi connectivity index (χ0v) is 9.07. The summed E-state index contributed by atoms with van der Waals surface area (Å²) in [5.74, 6) is -1.38. The van der Waals surface area contributed by atoms with Gasteiger partial charge in [0.2, 0.25) is 5.91 Å². The molecule has 0 bridgehead atoms. The fourth-order valence-corrected chi connectivity index (χ4v) is 1.12. The van der Waals surface area contributed by atoms with Crippen LogP contribution in [0.15, 0.2) is 24.3 Å². The van der Waals surface area contributed by atoms with Crippen molar-refractivity contribution in [3.05, 3.63) is 30.1 Å². The van der Waals surface area contributed by atoms with Gasteiger partial charge in [0.15, 0.2) is 0 Å². The standard InChI is InChI=1S/C11H12FNO3/c1-13(10(14)7-11(15)16-2)9-5-3-8(12)4-6-9/h3-6H,7H2,1-2H3. The van der Waals surface area contributed by atoms with E-state index in [9.17, 15) is 14.0 Å². The third-order valence-corrected chi connectivity index (χ3v) is 2.11. The zero-order chi connectivity index (χ0) is 12.1. The number of esters is 1. The van der Waals surface area contributed by atoms with Gasteiger partial charge in [-0.25, -0.2) is 4.39 Å². The summed E-state index contributed by atoms with van der Waals surface area (Å²) in [6, 6.07) is 5.42. The molecular formula is C11H12FNO3. The van der Waals surface area contributed by atoms with Gasteiger partial charge in [-0.3, -0.25) is 9.59 Å². The summed E-state index contributed by atoms with van der Waals surface area (Å²) < 4.78 is 17.0. The van der Waals surface area contributed by atoms with E-state index in [4.69, 9.17) is 0 Å². The first-order valence-electron chi connectivity index (χ1n) is 4.63. The number of hydrogen-bond acceptors (Lipinski definition) is 3. The largest absolute Gasteiger partial charge is 0.469 e. The Morgan fingerprint density at radius 3 is 2.38 bits per heavy atom. The van der Waals surface area contributed by atoms with E-state index in [1.54, 1.807) is 0 Å². The summed E-state index contributed by atoms with van der Waals surface area (Å²) >= 11 is 0. The lowest BCUT2D eigenvalue weighted by molar-refractivity contribution is -0.143. The van der Waals surface area contributed by atoms with Crippen LogP contribution in [0.5, 0.6) is 0 Å². The van der Waals surface area contributed by atoms with Crippen molar-refractivity contribution in [3.8, 4) is 0 Å². The van der Waals surface area contributed by atoms with E-state index in [2.05, 4.69) is 4.74 Å². The number of anilines is 1. The van der Waals surface area contributed by atoms with E-state index in [-0.39, 0.29) is 12.2 Å². The van der Waals surface area contributed by atoms with Crippen LogP contribution < -0.4 is 4.90 Å². The van der Waals surface area contributed by atoms with Crippen molar-refractivity contribution >= 4 is 17.6 Å². The molecule has 1 aromatic rings. The minimum absolute atomic E-state index is 0.329. The fourth-order valence-electron chi connectivity index (χ4n) is 1.12. The highest BCUT2D eigenvalue weighted by atomic mass is 19.1. The Balaban J connectivity index is 2.70. The summed E-state index contributed by atoms with van der Waals surface area (Å²) in [6.07, 6.45) is -0.329. The van der Waals surface area contributed by atoms with Gasteiger partial charge in [0.1, 0.15) is 12.2 Å². The SMILES string of the molecule is COC(=O)CC(=O)N(C)c1ccc(F)cc1. The highest BCUT2D eigenvalue weighted by Crippen LogP contribution is 2.13. The lowest BCUT2D eigenvalue weighted by atomic mass is 10.2. The highest BCUT2D eigenvalue weighted by Gasteiger charge is 2.15. The fraction of sp³-hybridized carbons (Fsp3) is 0.273. The van der Waals surface area contributed by atoms with Crippen molar-refractivity contribution in [3.63, 3.8) is 0 Å². The Hall–Kier alpha value is -1.91. The van der Waals surface area contributed by atoms with Crippen molar-refractivity contribution in [2.75, 3.05) is 19.1 Å². The first-order chi connectivity index (χ1) is 7.54. The molecule has 1 rings (SSSR count). The molecule has 0 radical (unpaired) electrons. The van der Waals surface area contributed by atoms with Gasteiger partial charge in [-0.1, -0.05) is 0 Å². The van der Waals surface area contributed by atoms with Gasteiger partial charge < -0.3 is 9.64 Å². The van der Waals surface area contributed by atoms with Crippen LogP contribution in [0, 0.1) is 5.82 Å². The minimum atomic E-state index is -0.598. The Labute approximate surface area is 92.6 Å². The van der Waals surface area contributed by atoms with Crippen molar-refractivity contribution in [2.24, 2.45) is 0 Å². The van der Waals surface area contributed by atoms with E-state index in [0.29, 0.717) is 5.69 Å². The Kier molecular flexibility index (Phi) is 3.99. The smallest absolute Gasteiger partial charge is 0.315 e. The second kappa shape index (κ2) is 5.25. The maximum absolute atomic E-state index is 12.6. The first kappa shape index (κ1) is 12.2. The molecule has 0 atom stereocenters. The average molecular weight is 225 g/mol. The first-order valence-corrected chi connectivity index (χ1v) is 4.63. The molecule has 16 heavy (non-hydrogen) atoms. The maximum atomic E-state index is 12.6. The maximum Gasteiger partial charge on any atom is 0.315 e. The molecule has 86 valence electrons. The number of carbonyl (C=O) groups is 2. The van der Waals surface area contributed by atoms with Crippen molar-refractivity contribution < 1.29 is 18.7 Å². The summed E-state index contributed by atoms with van der Waals surface area (Å²) in [5.41, 5.74) is 0.523. The zero-order valence-electron chi connectivity index (χ0n) is 9.07. The number of ether oxygens (including phenoxy) is 1. The summed E-state index contributed by atoms with van der Waals surface area (Å²) in [6.45, 7) is 0. The normalized spacial score (nSPS) is 9.69. The van der Waals surface area contributed by atoms with E-state index in [1.165, 1.54) is 43.3 Å². The van der Waals surface area contributed by atoms with Crippen LogP contribution in [0.2, 0.25) is 0 Å². The number of halogens is 1. The van der Waals surface area contributed by atoms with E-state index < -0.39 is 11.9 Å². The number of rotatable bonds is 3. The van der Waals surface area contributed by atoms with Gasteiger partial charge in [0, 0.05) is 12.7 Å². The molecule has 0 aliphatic heterocycles. The number of carbonyl (C=O) groups excluding carboxylic acids is 2. The molecule has 0 saturated carbocycles. The highest BCUT2D eigenvalue weighted by molar-refractivity contribution is 6.03. The predicted octanol–water partition coefficient (Wildman–Crippen LogP) is 1.35. The van der Waals surface area contributed by atoms with Gasteiger partial charge >= 0.3 is 5.97 Å². The molecule has 0 aliphatic rings. The number of benzene rings is 1. The molecule has 0 aromatic heterocycles. The number of hydrogen-bond donors (Lipinski definition) is 0. The Morgan fingerprint density at radius 1 is 1.31 bits per heavy atom. The van der Waals surface area contributed by atoms with Crippen LogP contribution >= 0.6 is 0 Å². The van der Waals surface area contributed by atoms with Crippen molar-refractivity contribution in [1.82, 2.24) is 0 Å². The second-order valence-electron chi connectivity index (χ2n) is 3.18. The molecule has 5 heteroatoms. The molecule has 1 amide bonds. The second-order valence-corrected chi connectivity index (χ2v) is 3.18. The number of amides is 1. The lowest BCUT2D eigenvalue weighted by Crippen LogP contribution is -2.28. The monoisotopic (exact) mass is 225 g/mol. The van der Waals surface area contributed by atoms with E-state index in [1.807, 2.05) is 0 Å². The number of methoxy groups -OCH3 is 1. The van der Waals surface area contributed by atoms with Gasteiger partial charge in [-0.15, -0.1) is 0 Å². The van der Waals surface area contributed by atoms with E-state index in [0.717, 1.165) is 0 Å². The molecule has 0 spiro atoms. The molecule has 0 saturated heterocycles. The molecule has 0 N–H and O–H groups in total. The summed E-state index contributed by atoms with van der Waals surface area (Å²) in [5, 5.41) is 0. The topological polar surface area (TPSA) is 46.6 Å². The van der Waals surface area contributed by atoms with Crippen LogP contribution in [0.25, 0.3) is 0 Å². The Morgan fingerprint density at radius 2 is 1.88 bits per heavy atom. The van der Waals surface area contributed by atoms with E-state index >= 15 is 0 Å². The molecule has 0 aliphatic carbocycles. The van der Waals surface area contributed by atoms with Crippen LogP contribution in [-0.4, -0.2) is 26.0 Å². The summed E-state index contributed by atoms with van der Waals surface area (Å²) in [7, 11) is 2.73. The van der Waals surface area contributed by atoms with Gasteiger partial charge in [0.05, 0.1) is 7.11 Å². The predicted molar refractivity (Wildman–Crippen MR) is 56.4 cm³/mol. The molecule has 0 fully saturated rings. The lowest BCUT2D eigenvalue weighted by Gasteiger charge is -2.16. The van der Waals surface area contributed by atoms with Gasteiger partial charge in [-0.2, -0.15) is 0 Å². The van der Waals surface area contributed by atoms with Crippen LogP contribution in [-0.2, 0) is 14.3 Å². The molecular weight excluding hydrogens is 213 g/mol. The molecule has 0 heterocycles. The third-order valence-electron chi connectivity index (χ3n) is 2.11. The molecule has 0 unspecified atom stereocenters. The third kappa shape index (κ3) is 3.05. The summed E-state index contributed by atoms with van der Waals surface area (Å²) in [4.78, 5) is 23.7.